The Kier molecular flexibility index (Phi) is 5.59. The topological polar surface area (TPSA) is 115 Å². The number of aliphatic imine (C=N–C) groups is 1. The molecule has 0 aliphatic carbocycles. The molecule has 0 bridgehead atoms. The molecule has 2 heterocycles. The molecule has 1 atom stereocenters. The maximum absolute atomic E-state index is 14.9. The lowest BCUT2D eigenvalue weighted by atomic mass is 9.92. The van der Waals surface area contributed by atoms with E-state index in [-0.39, 0.29) is 27.8 Å². The third-order valence-electron chi connectivity index (χ3n) is 5.06. The van der Waals surface area contributed by atoms with E-state index in [4.69, 9.17) is 28.9 Å². The normalized spacial score (nSPS) is 22.3. The van der Waals surface area contributed by atoms with Crippen LogP contribution in [0.1, 0.15) is 36.8 Å². The fraction of sp³-hybridized carbons (Fsp3) is 0.316. The first kappa shape index (κ1) is 22.5. The van der Waals surface area contributed by atoms with Crippen molar-refractivity contribution < 1.29 is 17.6 Å². The molecule has 0 spiro atoms. The molecule has 1 aromatic carbocycles. The molecule has 0 saturated heterocycles. The Morgan fingerprint density at radius 1 is 1.23 bits per heavy atom. The Hall–Kier alpha value is -2.23. The lowest BCUT2D eigenvalue weighted by Crippen LogP contribution is -2.55. The standard InChI is InChI=1S/C19H19Cl2FN4O3S/c1-18(2)17(23)26-19(3,9-30(18,28)29)12-6-11(7-13(21)15(12)22)25-16(27)14-5-4-10(20)8-24-14/h4-8H,9H2,1-3H3,(H2,23,26)(H,25,27). The van der Waals surface area contributed by atoms with Gasteiger partial charge in [-0.15, -0.1) is 0 Å². The molecule has 160 valence electrons. The molecule has 1 aliphatic heterocycles. The van der Waals surface area contributed by atoms with E-state index in [1.54, 1.807) is 0 Å². The number of sulfone groups is 1. The zero-order valence-electron chi connectivity index (χ0n) is 16.3. The molecule has 30 heavy (non-hydrogen) atoms. The molecule has 1 unspecified atom stereocenters. The highest BCUT2D eigenvalue weighted by atomic mass is 35.5. The van der Waals surface area contributed by atoms with Crippen molar-refractivity contribution in [2.24, 2.45) is 10.7 Å². The highest BCUT2D eigenvalue weighted by molar-refractivity contribution is 7.93. The average molecular weight is 473 g/mol. The van der Waals surface area contributed by atoms with Crippen LogP contribution in [0.5, 0.6) is 0 Å². The molecule has 3 rings (SSSR count). The van der Waals surface area contributed by atoms with Gasteiger partial charge in [0, 0.05) is 17.4 Å². The maximum atomic E-state index is 14.9. The second kappa shape index (κ2) is 7.47. The van der Waals surface area contributed by atoms with Crippen molar-refractivity contribution >= 4 is 50.5 Å². The number of rotatable bonds is 3. The maximum Gasteiger partial charge on any atom is 0.274 e. The minimum absolute atomic E-state index is 0.0804. The van der Waals surface area contributed by atoms with Gasteiger partial charge in [0.15, 0.2) is 9.84 Å². The summed E-state index contributed by atoms with van der Waals surface area (Å²) in [4.78, 5) is 20.6. The van der Waals surface area contributed by atoms with Crippen molar-refractivity contribution in [3.8, 4) is 0 Å². The number of aromatic nitrogens is 1. The van der Waals surface area contributed by atoms with E-state index in [1.807, 2.05) is 0 Å². The SMILES string of the molecule is CC1(c2cc(NC(=O)c3ccc(Cl)cn3)cc(Cl)c2F)CS(=O)(=O)C(C)(C)C(N)=N1. The van der Waals surface area contributed by atoms with Crippen molar-refractivity contribution in [1.82, 2.24) is 4.98 Å². The summed E-state index contributed by atoms with van der Waals surface area (Å²) < 4.78 is 39.1. The van der Waals surface area contributed by atoms with E-state index >= 15 is 0 Å². The van der Waals surface area contributed by atoms with E-state index in [9.17, 15) is 17.6 Å². The number of nitrogens with two attached hydrogens (primary N) is 1. The van der Waals surface area contributed by atoms with E-state index in [0.717, 1.165) is 0 Å². The number of carbonyl (C=O) groups excluding carboxylic acids is 1. The Morgan fingerprint density at radius 3 is 2.47 bits per heavy atom. The second-order valence-electron chi connectivity index (χ2n) is 7.68. The molecule has 2 aromatic rings. The summed E-state index contributed by atoms with van der Waals surface area (Å²) in [5.74, 6) is -2.03. The molecular formula is C19H19Cl2FN4O3S. The summed E-state index contributed by atoms with van der Waals surface area (Å²) >= 11 is 11.8. The van der Waals surface area contributed by atoms with Gasteiger partial charge >= 0.3 is 0 Å². The Labute approximate surface area is 183 Å². The summed E-state index contributed by atoms with van der Waals surface area (Å²) in [5, 5.41) is 2.63. The smallest absolute Gasteiger partial charge is 0.274 e. The van der Waals surface area contributed by atoms with Crippen molar-refractivity contribution in [2.75, 3.05) is 11.1 Å². The molecule has 1 amide bonds. The Balaban J connectivity index is 2.05. The van der Waals surface area contributed by atoms with Gasteiger partial charge < -0.3 is 11.1 Å². The molecule has 1 aromatic heterocycles. The summed E-state index contributed by atoms with van der Waals surface area (Å²) in [6.45, 7) is 4.34. The quantitative estimate of drug-likeness (QED) is 0.708. The molecule has 11 heteroatoms. The lowest BCUT2D eigenvalue weighted by Gasteiger charge is -2.38. The van der Waals surface area contributed by atoms with Crippen LogP contribution in [0.25, 0.3) is 0 Å². The number of hydrogen-bond donors (Lipinski definition) is 2. The Bertz CT molecular complexity index is 1170. The van der Waals surface area contributed by atoms with Crippen LogP contribution in [0, 0.1) is 5.82 Å². The molecule has 7 nitrogen and oxygen atoms in total. The number of anilines is 1. The number of carbonyl (C=O) groups is 1. The summed E-state index contributed by atoms with van der Waals surface area (Å²) in [7, 11) is -3.75. The van der Waals surface area contributed by atoms with Gasteiger partial charge in [-0.1, -0.05) is 23.2 Å². The number of amides is 1. The van der Waals surface area contributed by atoms with Gasteiger partial charge in [-0.3, -0.25) is 9.79 Å². The van der Waals surface area contributed by atoms with Crippen LogP contribution in [0.4, 0.5) is 10.1 Å². The van der Waals surface area contributed by atoms with Gasteiger partial charge in [0.2, 0.25) is 0 Å². The minimum atomic E-state index is -3.75. The van der Waals surface area contributed by atoms with Gasteiger partial charge in [-0.05, 0) is 45.0 Å². The molecule has 0 radical (unpaired) electrons. The molecule has 3 N–H and O–H groups in total. The van der Waals surface area contributed by atoms with Crippen LogP contribution < -0.4 is 11.1 Å². The van der Waals surface area contributed by atoms with Crippen LogP contribution in [0.3, 0.4) is 0 Å². The number of halogens is 3. The van der Waals surface area contributed by atoms with Gasteiger partial charge in [-0.25, -0.2) is 17.8 Å². The number of amidine groups is 1. The van der Waals surface area contributed by atoms with E-state index in [1.165, 1.54) is 51.2 Å². The first-order chi connectivity index (χ1) is 13.8. The number of benzene rings is 1. The van der Waals surface area contributed by atoms with Crippen LogP contribution in [0.15, 0.2) is 35.5 Å². The summed E-state index contributed by atoms with van der Waals surface area (Å²) in [6, 6.07) is 5.43. The highest BCUT2D eigenvalue weighted by Gasteiger charge is 2.49. The van der Waals surface area contributed by atoms with E-state index in [0.29, 0.717) is 5.02 Å². The third-order valence-corrected chi connectivity index (χ3v) is 8.26. The number of nitrogens with one attached hydrogen (secondary N) is 1. The van der Waals surface area contributed by atoms with Gasteiger partial charge in [0.25, 0.3) is 5.91 Å². The van der Waals surface area contributed by atoms with Crippen LogP contribution in [-0.4, -0.2) is 35.6 Å². The van der Waals surface area contributed by atoms with Gasteiger partial charge in [-0.2, -0.15) is 0 Å². The summed E-state index contributed by atoms with van der Waals surface area (Å²) in [6.07, 6.45) is 1.31. The fourth-order valence-electron chi connectivity index (χ4n) is 3.04. The van der Waals surface area contributed by atoms with Crippen molar-refractivity contribution in [1.29, 1.82) is 0 Å². The average Bonchev–Trinajstić information content (AvgIpc) is 2.63. The second-order valence-corrected chi connectivity index (χ2v) is 11.1. The predicted octanol–water partition coefficient (Wildman–Crippen LogP) is 3.56. The van der Waals surface area contributed by atoms with E-state index < -0.39 is 37.6 Å². The molecule has 1 aliphatic rings. The first-order valence-electron chi connectivity index (χ1n) is 8.77. The van der Waals surface area contributed by atoms with Gasteiger partial charge in [0.1, 0.15) is 27.6 Å². The van der Waals surface area contributed by atoms with Crippen LogP contribution in [0.2, 0.25) is 10.0 Å². The monoisotopic (exact) mass is 472 g/mol. The van der Waals surface area contributed by atoms with Crippen molar-refractivity contribution in [3.05, 3.63) is 57.6 Å². The molecule has 0 saturated carbocycles. The predicted molar refractivity (Wildman–Crippen MR) is 115 cm³/mol. The Morgan fingerprint density at radius 2 is 1.90 bits per heavy atom. The lowest BCUT2D eigenvalue weighted by molar-refractivity contribution is 0.102. The minimum Gasteiger partial charge on any atom is -0.386 e. The number of hydrogen-bond acceptors (Lipinski definition) is 6. The fourth-order valence-corrected chi connectivity index (χ4v) is 5.06. The third kappa shape index (κ3) is 3.89. The van der Waals surface area contributed by atoms with Crippen molar-refractivity contribution in [3.63, 3.8) is 0 Å². The first-order valence-corrected chi connectivity index (χ1v) is 11.2. The van der Waals surface area contributed by atoms with E-state index in [2.05, 4.69) is 15.3 Å². The molecular weight excluding hydrogens is 454 g/mol. The largest absolute Gasteiger partial charge is 0.386 e. The highest BCUT2D eigenvalue weighted by Crippen LogP contribution is 2.40. The van der Waals surface area contributed by atoms with Crippen LogP contribution >= 0.6 is 23.2 Å². The summed E-state index contributed by atoms with van der Waals surface area (Å²) in [5.41, 5.74) is 4.53. The van der Waals surface area contributed by atoms with Crippen molar-refractivity contribution in [2.45, 2.75) is 31.1 Å². The molecule has 0 fully saturated rings. The van der Waals surface area contributed by atoms with Gasteiger partial charge in [0.05, 0.1) is 15.8 Å². The van der Waals surface area contributed by atoms with Crippen LogP contribution in [-0.2, 0) is 15.4 Å². The zero-order valence-corrected chi connectivity index (χ0v) is 18.7. The number of nitrogens with zero attached hydrogens (tertiary/aromatic N) is 2. The number of pyridine rings is 1. The zero-order chi connectivity index (χ0) is 22.5.